The highest BCUT2D eigenvalue weighted by Gasteiger charge is 2.20. The van der Waals surface area contributed by atoms with Gasteiger partial charge in [-0.05, 0) is 44.9 Å². The summed E-state index contributed by atoms with van der Waals surface area (Å²) in [6, 6.07) is 3.05. The molecule has 7 heteroatoms. The van der Waals surface area contributed by atoms with Gasteiger partial charge in [-0.25, -0.2) is 9.78 Å². The topological polar surface area (TPSA) is 91.7 Å². The Morgan fingerprint density at radius 2 is 2.14 bits per heavy atom. The predicted molar refractivity (Wildman–Crippen MR) is 79.1 cm³/mol. The summed E-state index contributed by atoms with van der Waals surface area (Å²) in [5.74, 6) is 0. The Hall–Kier alpha value is -1.37. The molecule has 0 bridgehead atoms. The number of alkyl carbamates (subject to hydrolysis) is 1. The summed E-state index contributed by atoms with van der Waals surface area (Å²) in [6.45, 7) is 5.47. The lowest BCUT2D eigenvalue weighted by Crippen LogP contribution is -2.34. The number of carbonyl (C=O) groups is 1. The summed E-state index contributed by atoms with van der Waals surface area (Å²) in [6.07, 6.45) is -1.05. The van der Waals surface area contributed by atoms with Crippen molar-refractivity contribution in [3.05, 3.63) is 29.0 Å². The molecule has 118 valence electrons. The van der Waals surface area contributed by atoms with Crippen LogP contribution in [0.2, 0.25) is 5.15 Å². The van der Waals surface area contributed by atoms with Crippen molar-refractivity contribution >= 4 is 17.7 Å². The number of hydrogen-bond donors (Lipinski definition) is 3. The van der Waals surface area contributed by atoms with E-state index in [2.05, 4.69) is 10.3 Å². The van der Waals surface area contributed by atoms with Gasteiger partial charge in [0.25, 0.3) is 0 Å². The lowest BCUT2D eigenvalue weighted by Gasteiger charge is -2.21. The van der Waals surface area contributed by atoms with E-state index in [1.54, 1.807) is 26.8 Å². The highest BCUT2D eigenvalue weighted by molar-refractivity contribution is 6.29. The van der Waals surface area contributed by atoms with E-state index in [-0.39, 0.29) is 18.1 Å². The van der Waals surface area contributed by atoms with Crippen molar-refractivity contribution in [3.8, 4) is 0 Å². The first-order valence-electron chi connectivity index (χ1n) is 6.63. The van der Waals surface area contributed by atoms with Crippen LogP contribution in [-0.4, -0.2) is 39.5 Å². The number of pyridine rings is 1. The van der Waals surface area contributed by atoms with Gasteiger partial charge in [0, 0.05) is 12.7 Å². The molecule has 0 aliphatic rings. The Morgan fingerprint density at radius 3 is 2.71 bits per heavy atom. The summed E-state index contributed by atoms with van der Waals surface area (Å²) >= 11 is 5.72. The first-order valence-corrected chi connectivity index (χ1v) is 7.01. The van der Waals surface area contributed by atoms with E-state index in [9.17, 15) is 15.0 Å². The first-order chi connectivity index (χ1) is 9.69. The molecule has 1 rings (SSSR count). The largest absolute Gasteiger partial charge is 0.444 e. The number of carbonyl (C=O) groups excluding carboxylic acids is 1. The maximum Gasteiger partial charge on any atom is 0.407 e. The number of nitrogens with one attached hydrogen (secondary N) is 1. The average Bonchev–Trinajstić information content (AvgIpc) is 2.35. The van der Waals surface area contributed by atoms with E-state index >= 15 is 0 Å². The second-order valence-corrected chi connectivity index (χ2v) is 6.03. The molecule has 0 fully saturated rings. The van der Waals surface area contributed by atoms with Gasteiger partial charge < -0.3 is 20.3 Å². The van der Waals surface area contributed by atoms with E-state index in [0.717, 1.165) is 0 Å². The molecule has 1 amide bonds. The Bertz CT molecular complexity index is 476. The monoisotopic (exact) mass is 316 g/mol. The van der Waals surface area contributed by atoms with E-state index < -0.39 is 23.9 Å². The van der Waals surface area contributed by atoms with Crippen molar-refractivity contribution in [2.45, 2.75) is 45.0 Å². The molecular weight excluding hydrogens is 296 g/mol. The van der Waals surface area contributed by atoms with Gasteiger partial charge in [0.2, 0.25) is 0 Å². The van der Waals surface area contributed by atoms with Crippen LogP contribution < -0.4 is 5.32 Å². The van der Waals surface area contributed by atoms with Crippen molar-refractivity contribution in [1.29, 1.82) is 0 Å². The third-order valence-corrected chi connectivity index (χ3v) is 2.77. The third-order valence-electron chi connectivity index (χ3n) is 2.56. The van der Waals surface area contributed by atoms with Crippen molar-refractivity contribution in [1.82, 2.24) is 10.3 Å². The van der Waals surface area contributed by atoms with Crippen LogP contribution in [0.3, 0.4) is 0 Å². The second kappa shape index (κ2) is 7.59. The number of rotatable bonds is 5. The second-order valence-electron chi connectivity index (χ2n) is 5.64. The zero-order valence-electron chi connectivity index (χ0n) is 12.3. The number of halogens is 1. The average molecular weight is 317 g/mol. The lowest BCUT2D eigenvalue weighted by molar-refractivity contribution is 0.0123. The number of aliphatic hydroxyl groups is 2. The Labute approximate surface area is 129 Å². The van der Waals surface area contributed by atoms with Crippen molar-refractivity contribution in [2.24, 2.45) is 0 Å². The predicted octanol–water partition coefficient (Wildman–Crippen LogP) is 2.04. The van der Waals surface area contributed by atoms with E-state index in [0.29, 0.717) is 5.56 Å². The minimum absolute atomic E-state index is 0.181. The van der Waals surface area contributed by atoms with E-state index in [1.165, 1.54) is 12.3 Å². The van der Waals surface area contributed by atoms with Gasteiger partial charge in [-0.1, -0.05) is 11.6 Å². The highest BCUT2D eigenvalue weighted by Crippen LogP contribution is 2.20. The Balaban J connectivity index is 2.40. The zero-order valence-corrected chi connectivity index (χ0v) is 13.1. The highest BCUT2D eigenvalue weighted by atomic mass is 35.5. The maximum atomic E-state index is 11.4. The number of amides is 1. The van der Waals surface area contributed by atoms with Crippen molar-refractivity contribution < 1.29 is 19.7 Å². The number of aromatic nitrogens is 1. The van der Waals surface area contributed by atoms with Gasteiger partial charge in [0.15, 0.2) is 0 Å². The quantitative estimate of drug-likeness (QED) is 0.723. The molecule has 2 unspecified atom stereocenters. The number of ether oxygens (including phenoxy) is 1. The van der Waals surface area contributed by atoms with Gasteiger partial charge in [-0.2, -0.15) is 0 Å². The molecule has 1 aromatic heterocycles. The summed E-state index contributed by atoms with van der Waals surface area (Å²) in [4.78, 5) is 15.2. The molecular formula is C14H21ClN2O4. The van der Waals surface area contributed by atoms with Gasteiger partial charge in [0.1, 0.15) is 16.9 Å². The molecule has 0 aliphatic heterocycles. The van der Waals surface area contributed by atoms with Gasteiger partial charge in [0.05, 0.1) is 6.10 Å². The molecule has 1 heterocycles. The van der Waals surface area contributed by atoms with Crippen LogP contribution in [-0.2, 0) is 4.74 Å². The van der Waals surface area contributed by atoms with Crippen molar-refractivity contribution in [2.75, 3.05) is 6.54 Å². The lowest BCUT2D eigenvalue weighted by atomic mass is 10.0. The van der Waals surface area contributed by atoms with Crippen LogP contribution in [0, 0.1) is 0 Å². The summed E-state index contributed by atoms with van der Waals surface area (Å²) in [7, 11) is 0. The Morgan fingerprint density at radius 1 is 1.48 bits per heavy atom. The number of hydrogen-bond acceptors (Lipinski definition) is 5. The summed E-state index contributed by atoms with van der Waals surface area (Å²) in [5.41, 5.74) is -0.101. The van der Waals surface area contributed by atoms with E-state index in [1.807, 2.05) is 0 Å². The van der Waals surface area contributed by atoms with Crippen LogP contribution in [0.25, 0.3) is 0 Å². The molecule has 0 saturated heterocycles. The fraction of sp³-hybridized carbons (Fsp3) is 0.571. The van der Waals surface area contributed by atoms with Crippen LogP contribution in [0.4, 0.5) is 4.79 Å². The van der Waals surface area contributed by atoms with Crippen LogP contribution in [0.1, 0.15) is 38.9 Å². The van der Waals surface area contributed by atoms with Gasteiger partial charge in [-0.3, -0.25) is 0 Å². The normalized spacial score (nSPS) is 14.4. The minimum Gasteiger partial charge on any atom is -0.444 e. The molecule has 2 atom stereocenters. The molecule has 0 aliphatic carbocycles. The standard InChI is InChI=1S/C14H21ClN2O4/c1-14(2,3)21-13(20)17-7-5-10(18)12(19)9-4-6-16-11(15)8-9/h4,6,8,10,12,18-19H,5,7H2,1-3H3,(H,17,20). The molecule has 0 spiro atoms. The van der Waals surface area contributed by atoms with Crippen LogP contribution >= 0.6 is 11.6 Å². The van der Waals surface area contributed by atoms with Crippen LogP contribution in [0.15, 0.2) is 18.3 Å². The molecule has 0 aromatic carbocycles. The van der Waals surface area contributed by atoms with Crippen molar-refractivity contribution in [3.63, 3.8) is 0 Å². The summed E-state index contributed by atoms with van der Waals surface area (Å²) in [5, 5.41) is 22.6. The molecule has 6 nitrogen and oxygen atoms in total. The molecule has 1 aromatic rings. The Kier molecular flexibility index (Phi) is 6.39. The van der Waals surface area contributed by atoms with Gasteiger partial charge >= 0.3 is 6.09 Å². The van der Waals surface area contributed by atoms with E-state index in [4.69, 9.17) is 16.3 Å². The molecule has 0 radical (unpaired) electrons. The fourth-order valence-electron chi connectivity index (χ4n) is 1.62. The molecule has 3 N–H and O–H groups in total. The number of aliphatic hydroxyl groups excluding tert-OH is 2. The fourth-order valence-corrected chi connectivity index (χ4v) is 1.80. The number of nitrogens with zero attached hydrogens (tertiary/aromatic N) is 1. The third kappa shape index (κ3) is 6.75. The van der Waals surface area contributed by atoms with Gasteiger partial charge in [-0.15, -0.1) is 0 Å². The first kappa shape index (κ1) is 17.7. The maximum absolute atomic E-state index is 11.4. The zero-order chi connectivity index (χ0) is 16.0. The summed E-state index contributed by atoms with van der Waals surface area (Å²) < 4.78 is 5.06. The molecule has 0 saturated carbocycles. The molecule has 21 heavy (non-hydrogen) atoms. The minimum atomic E-state index is -1.09. The smallest absolute Gasteiger partial charge is 0.407 e. The van der Waals surface area contributed by atoms with Crippen LogP contribution in [0.5, 0.6) is 0 Å². The SMILES string of the molecule is CC(C)(C)OC(=O)NCCC(O)C(O)c1ccnc(Cl)c1.